The van der Waals surface area contributed by atoms with Crippen LogP contribution in [-0.2, 0) is 0 Å². The summed E-state index contributed by atoms with van der Waals surface area (Å²) < 4.78 is 26.1. The molecule has 0 saturated heterocycles. The fourth-order valence-electron chi connectivity index (χ4n) is 1.63. The van der Waals surface area contributed by atoms with Gasteiger partial charge in [0.1, 0.15) is 11.6 Å². The Hall–Kier alpha value is -1.45. The highest BCUT2D eigenvalue weighted by Gasteiger charge is 2.14. The standard InChI is InChI=1S/C14H19F2NO/c1-9(2)4-5-10(3)17-14(18)12-7-6-11(15)8-13(12)16/h6-10H,4-5H2,1-3H3,(H,17,18). The Morgan fingerprint density at radius 2 is 1.89 bits per heavy atom. The first-order valence-electron chi connectivity index (χ1n) is 6.16. The average molecular weight is 255 g/mol. The second kappa shape index (κ2) is 6.47. The minimum Gasteiger partial charge on any atom is -0.349 e. The molecule has 1 atom stereocenters. The molecule has 1 aromatic carbocycles. The van der Waals surface area contributed by atoms with E-state index in [1.807, 2.05) is 6.92 Å². The summed E-state index contributed by atoms with van der Waals surface area (Å²) in [6.07, 6.45) is 1.83. The van der Waals surface area contributed by atoms with Crippen LogP contribution in [0.4, 0.5) is 8.78 Å². The van der Waals surface area contributed by atoms with E-state index in [2.05, 4.69) is 19.2 Å². The highest BCUT2D eigenvalue weighted by molar-refractivity contribution is 5.94. The van der Waals surface area contributed by atoms with E-state index in [4.69, 9.17) is 0 Å². The van der Waals surface area contributed by atoms with Gasteiger partial charge in [-0.2, -0.15) is 0 Å². The molecule has 0 radical (unpaired) electrons. The summed E-state index contributed by atoms with van der Waals surface area (Å²) in [5, 5.41) is 2.71. The third-order valence-corrected chi connectivity index (χ3v) is 2.73. The summed E-state index contributed by atoms with van der Waals surface area (Å²) >= 11 is 0. The first kappa shape index (κ1) is 14.6. The zero-order valence-electron chi connectivity index (χ0n) is 11.0. The van der Waals surface area contributed by atoms with Crippen LogP contribution in [0.2, 0.25) is 0 Å². The lowest BCUT2D eigenvalue weighted by atomic mass is 10.0. The van der Waals surface area contributed by atoms with Crippen LogP contribution >= 0.6 is 0 Å². The minimum atomic E-state index is -0.830. The van der Waals surface area contributed by atoms with Crippen LogP contribution < -0.4 is 5.32 Å². The largest absolute Gasteiger partial charge is 0.349 e. The molecule has 2 nitrogen and oxygen atoms in total. The maximum absolute atomic E-state index is 13.4. The Kier molecular flexibility index (Phi) is 5.25. The van der Waals surface area contributed by atoms with Crippen LogP contribution in [0.5, 0.6) is 0 Å². The zero-order valence-corrected chi connectivity index (χ0v) is 11.0. The highest BCUT2D eigenvalue weighted by atomic mass is 19.1. The maximum Gasteiger partial charge on any atom is 0.254 e. The van der Waals surface area contributed by atoms with Gasteiger partial charge in [-0.3, -0.25) is 4.79 Å². The summed E-state index contributed by atoms with van der Waals surface area (Å²) in [6.45, 7) is 6.09. The Morgan fingerprint density at radius 1 is 1.22 bits per heavy atom. The molecular formula is C14H19F2NO. The van der Waals surface area contributed by atoms with Crippen LogP contribution in [-0.4, -0.2) is 11.9 Å². The average Bonchev–Trinajstić information content (AvgIpc) is 2.26. The molecule has 1 aromatic rings. The number of hydrogen-bond donors (Lipinski definition) is 1. The molecule has 1 unspecified atom stereocenters. The van der Waals surface area contributed by atoms with Gasteiger partial charge in [-0.05, 0) is 37.8 Å². The van der Waals surface area contributed by atoms with Crippen molar-refractivity contribution in [2.75, 3.05) is 0 Å². The van der Waals surface area contributed by atoms with Crippen LogP contribution in [0, 0.1) is 17.6 Å². The van der Waals surface area contributed by atoms with E-state index in [-0.39, 0.29) is 11.6 Å². The second-order valence-electron chi connectivity index (χ2n) is 4.97. The summed E-state index contributed by atoms with van der Waals surface area (Å²) in [7, 11) is 0. The van der Waals surface area contributed by atoms with E-state index in [0.717, 1.165) is 25.0 Å². The van der Waals surface area contributed by atoms with Gasteiger partial charge in [0.15, 0.2) is 0 Å². The number of benzene rings is 1. The molecule has 0 spiro atoms. The Bertz CT molecular complexity index is 418. The predicted molar refractivity (Wildman–Crippen MR) is 67.4 cm³/mol. The molecule has 4 heteroatoms. The number of amides is 1. The SMILES string of the molecule is CC(C)CCC(C)NC(=O)c1ccc(F)cc1F. The number of rotatable bonds is 5. The summed E-state index contributed by atoms with van der Waals surface area (Å²) in [6, 6.07) is 2.93. The van der Waals surface area contributed by atoms with Crippen molar-refractivity contribution in [2.24, 2.45) is 5.92 Å². The lowest BCUT2D eigenvalue weighted by molar-refractivity contribution is 0.0933. The third-order valence-electron chi connectivity index (χ3n) is 2.73. The normalized spacial score (nSPS) is 12.6. The van der Waals surface area contributed by atoms with E-state index < -0.39 is 17.5 Å². The molecule has 0 heterocycles. The number of hydrogen-bond acceptors (Lipinski definition) is 1. The number of halogens is 2. The van der Waals surface area contributed by atoms with Crippen LogP contribution in [0.15, 0.2) is 18.2 Å². The monoisotopic (exact) mass is 255 g/mol. The molecule has 1 rings (SSSR count). The molecule has 100 valence electrons. The van der Waals surface area contributed by atoms with Gasteiger partial charge < -0.3 is 5.32 Å². The van der Waals surface area contributed by atoms with Crippen molar-refractivity contribution in [3.63, 3.8) is 0 Å². The summed E-state index contributed by atoms with van der Waals surface area (Å²) in [4.78, 5) is 11.8. The molecule has 0 bridgehead atoms. The van der Waals surface area contributed by atoms with Gasteiger partial charge in [0.05, 0.1) is 5.56 Å². The summed E-state index contributed by atoms with van der Waals surface area (Å²) in [5.74, 6) is -1.45. The molecule has 0 saturated carbocycles. The zero-order chi connectivity index (χ0) is 13.7. The van der Waals surface area contributed by atoms with E-state index >= 15 is 0 Å². The quantitative estimate of drug-likeness (QED) is 0.857. The van der Waals surface area contributed by atoms with Crippen molar-refractivity contribution in [1.29, 1.82) is 0 Å². The second-order valence-corrected chi connectivity index (χ2v) is 4.97. The van der Waals surface area contributed by atoms with E-state index in [1.165, 1.54) is 0 Å². The van der Waals surface area contributed by atoms with Crippen molar-refractivity contribution >= 4 is 5.91 Å². The van der Waals surface area contributed by atoms with Gasteiger partial charge in [0.25, 0.3) is 5.91 Å². The van der Waals surface area contributed by atoms with Crippen LogP contribution in [0.25, 0.3) is 0 Å². The van der Waals surface area contributed by atoms with Gasteiger partial charge >= 0.3 is 0 Å². The van der Waals surface area contributed by atoms with Crippen molar-refractivity contribution < 1.29 is 13.6 Å². The summed E-state index contributed by atoms with van der Waals surface area (Å²) in [5.41, 5.74) is -0.118. The minimum absolute atomic E-state index is 0.0237. The maximum atomic E-state index is 13.4. The van der Waals surface area contributed by atoms with Gasteiger partial charge in [0, 0.05) is 12.1 Å². The van der Waals surface area contributed by atoms with Gasteiger partial charge in [-0.15, -0.1) is 0 Å². The number of carbonyl (C=O) groups is 1. The van der Waals surface area contributed by atoms with Crippen molar-refractivity contribution in [3.05, 3.63) is 35.4 Å². The first-order chi connectivity index (χ1) is 8.40. The van der Waals surface area contributed by atoms with E-state index in [1.54, 1.807) is 0 Å². The number of carbonyl (C=O) groups excluding carboxylic acids is 1. The fraction of sp³-hybridized carbons (Fsp3) is 0.500. The highest BCUT2D eigenvalue weighted by Crippen LogP contribution is 2.11. The van der Waals surface area contributed by atoms with Crippen LogP contribution in [0.3, 0.4) is 0 Å². The molecule has 0 aliphatic heterocycles. The van der Waals surface area contributed by atoms with Gasteiger partial charge in [-0.25, -0.2) is 8.78 Å². The van der Waals surface area contributed by atoms with Gasteiger partial charge in [-0.1, -0.05) is 13.8 Å². The molecule has 1 amide bonds. The van der Waals surface area contributed by atoms with Crippen molar-refractivity contribution in [1.82, 2.24) is 5.32 Å². The molecular weight excluding hydrogens is 236 g/mol. The Morgan fingerprint density at radius 3 is 2.44 bits per heavy atom. The van der Waals surface area contributed by atoms with Crippen molar-refractivity contribution in [3.8, 4) is 0 Å². The van der Waals surface area contributed by atoms with E-state index in [9.17, 15) is 13.6 Å². The molecule has 18 heavy (non-hydrogen) atoms. The molecule has 0 fully saturated rings. The topological polar surface area (TPSA) is 29.1 Å². The molecule has 1 N–H and O–H groups in total. The Labute approximate surface area is 106 Å². The van der Waals surface area contributed by atoms with E-state index in [0.29, 0.717) is 12.0 Å². The van der Waals surface area contributed by atoms with Crippen molar-refractivity contribution in [2.45, 2.75) is 39.7 Å². The van der Waals surface area contributed by atoms with Gasteiger partial charge in [0.2, 0.25) is 0 Å². The van der Waals surface area contributed by atoms with Crippen LogP contribution in [0.1, 0.15) is 44.0 Å². The number of nitrogens with one attached hydrogen (secondary N) is 1. The lowest BCUT2D eigenvalue weighted by Gasteiger charge is -2.15. The third kappa shape index (κ3) is 4.43. The first-order valence-corrected chi connectivity index (χ1v) is 6.16. The lowest BCUT2D eigenvalue weighted by Crippen LogP contribution is -2.33. The molecule has 0 aromatic heterocycles. The fourth-order valence-corrected chi connectivity index (χ4v) is 1.63. The Balaban J connectivity index is 2.59. The molecule has 0 aliphatic rings. The molecule has 0 aliphatic carbocycles. The smallest absolute Gasteiger partial charge is 0.254 e. The predicted octanol–water partition coefficient (Wildman–Crippen LogP) is 3.52.